The standard InChI is InChI=1S/C26H19F2N3O3/c27-16-7-10-19(11-8-16)31-14-21(26(33)34)24(32)20-13-22(28)23(30-25(20)31)15-6-9-18(12-15)29-17-4-2-1-3-5-17/h1-5,7-8,10-11,13-15H,6,9,12H2,(H,33,34). The molecule has 1 fully saturated rings. The molecule has 0 bridgehead atoms. The fraction of sp³-hybridized carbons (Fsp3) is 0.154. The van der Waals surface area contributed by atoms with Gasteiger partial charge in [-0.05, 0) is 61.7 Å². The van der Waals surface area contributed by atoms with Crippen molar-refractivity contribution < 1.29 is 18.7 Å². The van der Waals surface area contributed by atoms with Crippen molar-refractivity contribution in [3.8, 4) is 5.69 Å². The van der Waals surface area contributed by atoms with Crippen LogP contribution >= 0.6 is 0 Å². The van der Waals surface area contributed by atoms with Crippen LogP contribution in [0.1, 0.15) is 41.2 Å². The minimum Gasteiger partial charge on any atom is -0.477 e. The maximum Gasteiger partial charge on any atom is 0.341 e. The van der Waals surface area contributed by atoms with Gasteiger partial charge in [0.15, 0.2) is 0 Å². The van der Waals surface area contributed by atoms with Crippen LogP contribution < -0.4 is 5.43 Å². The number of pyridine rings is 2. The van der Waals surface area contributed by atoms with Gasteiger partial charge in [0.05, 0.1) is 16.8 Å². The number of aliphatic imine (C=N–C) groups is 1. The van der Waals surface area contributed by atoms with E-state index in [9.17, 15) is 19.1 Å². The summed E-state index contributed by atoms with van der Waals surface area (Å²) in [5, 5.41) is 9.34. The quantitative estimate of drug-likeness (QED) is 0.443. The van der Waals surface area contributed by atoms with Gasteiger partial charge in [0.1, 0.15) is 22.8 Å². The number of rotatable bonds is 4. The SMILES string of the molecule is O=C(O)c1cn(-c2ccc(F)cc2)c2nc(C3CCC(=Nc4ccccc4)C3)c(F)cc2c1=O. The summed E-state index contributed by atoms with van der Waals surface area (Å²) in [6.07, 6.45) is 3.01. The molecule has 0 radical (unpaired) electrons. The topological polar surface area (TPSA) is 84.5 Å². The highest BCUT2D eigenvalue weighted by atomic mass is 19.1. The molecule has 4 aromatic rings. The first-order valence-electron chi connectivity index (χ1n) is 10.8. The fourth-order valence-corrected chi connectivity index (χ4v) is 4.32. The molecule has 170 valence electrons. The molecule has 8 heteroatoms. The van der Waals surface area contributed by atoms with Crippen LogP contribution in [0.15, 0.2) is 76.6 Å². The molecule has 1 saturated carbocycles. The number of aromatic nitrogens is 2. The Morgan fingerprint density at radius 2 is 1.82 bits per heavy atom. The zero-order valence-corrected chi connectivity index (χ0v) is 17.9. The molecule has 2 aromatic heterocycles. The van der Waals surface area contributed by atoms with Crippen molar-refractivity contribution in [2.45, 2.75) is 25.2 Å². The van der Waals surface area contributed by atoms with E-state index in [1.807, 2.05) is 30.3 Å². The average molecular weight is 459 g/mol. The molecule has 2 heterocycles. The molecule has 5 rings (SSSR count). The van der Waals surface area contributed by atoms with Crippen molar-refractivity contribution in [2.75, 3.05) is 0 Å². The highest BCUT2D eigenvalue weighted by Gasteiger charge is 2.28. The van der Waals surface area contributed by atoms with Crippen LogP contribution in [0.2, 0.25) is 0 Å². The van der Waals surface area contributed by atoms with Crippen molar-refractivity contribution in [3.05, 3.63) is 100.0 Å². The second-order valence-corrected chi connectivity index (χ2v) is 8.20. The average Bonchev–Trinajstić information content (AvgIpc) is 3.28. The van der Waals surface area contributed by atoms with Gasteiger partial charge in [-0.1, -0.05) is 18.2 Å². The van der Waals surface area contributed by atoms with Gasteiger partial charge in [-0.3, -0.25) is 9.79 Å². The summed E-state index contributed by atoms with van der Waals surface area (Å²) in [6, 6.07) is 15.9. The van der Waals surface area contributed by atoms with Crippen molar-refractivity contribution in [3.63, 3.8) is 0 Å². The Kier molecular flexibility index (Phi) is 5.49. The van der Waals surface area contributed by atoms with E-state index in [-0.39, 0.29) is 22.6 Å². The van der Waals surface area contributed by atoms with Gasteiger partial charge in [0.25, 0.3) is 0 Å². The molecule has 1 unspecified atom stereocenters. The molecular weight excluding hydrogens is 440 g/mol. The lowest BCUT2D eigenvalue weighted by atomic mass is 10.0. The minimum absolute atomic E-state index is 0.117. The van der Waals surface area contributed by atoms with Crippen molar-refractivity contribution in [2.24, 2.45) is 4.99 Å². The summed E-state index contributed by atoms with van der Waals surface area (Å²) in [7, 11) is 0. The number of para-hydroxylation sites is 1. The van der Waals surface area contributed by atoms with Gasteiger partial charge in [-0.25, -0.2) is 18.6 Å². The van der Waals surface area contributed by atoms with Crippen molar-refractivity contribution in [1.82, 2.24) is 9.55 Å². The number of carbonyl (C=O) groups is 1. The zero-order chi connectivity index (χ0) is 23.8. The van der Waals surface area contributed by atoms with Crippen LogP contribution in [0, 0.1) is 11.6 Å². The maximum atomic E-state index is 15.2. The molecule has 1 atom stereocenters. The summed E-state index contributed by atoms with van der Waals surface area (Å²) in [4.78, 5) is 33.6. The van der Waals surface area contributed by atoms with Crippen molar-refractivity contribution >= 4 is 28.4 Å². The number of nitrogens with zero attached hydrogens (tertiary/aromatic N) is 3. The summed E-state index contributed by atoms with van der Waals surface area (Å²) in [5.74, 6) is -2.81. The Hall–Kier alpha value is -4.20. The molecular formula is C26H19F2N3O3. The van der Waals surface area contributed by atoms with E-state index in [1.54, 1.807) is 0 Å². The first-order chi connectivity index (χ1) is 16.4. The zero-order valence-electron chi connectivity index (χ0n) is 17.9. The van der Waals surface area contributed by atoms with Crippen LogP contribution in [-0.2, 0) is 0 Å². The summed E-state index contributed by atoms with van der Waals surface area (Å²) in [6.45, 7) is 0. The number of carboxylic acids is 1. The Balaban J connectivity index is 1.63. The van der Waals surface area contributed by atoms with Gasteiger partial charge >= 0.3 is 5.97 Å². The Morgan fingerprint density at radius 3 is 2.53 bits per heavy atom. The molecule has 2 aromatic carbocycles. The second-order valence-electron chi connectivity index (χ2n) is 8.20. The summed E-state index contributed by atoms with van der Waals surface area (Å²) in [5.41, 5.74) is 1.14. The van der Waals surface area contributed by atoms with E-state index in [2.05, 4.69) is 9.98 Å². The van der Waals surface area contributed by atoms with Gasteiger partial charge in [0.2, 0.25) is 5.43 Å². The van der Waals surface area contributed by atoms with Crippen LogP contribution in [0.5, 0.6) is 0 Å². The molecule has 0 saturated heterocycles. The predicted molar refractivity (Wildman–Crippen MR) is 124 cm³/mol. The van der Waals surface area contributed by atoms with E-state index in [0.717, 1.165) is 23.7 Å². The lowest BCUT2D eigenvalue weighted by molar-refractivity contribution is 0.0695. The molecule has 0 spiro atoms. The molecule has 1 aliphatic carbocycles. The number of aromatic carboxylic acids is 1. The molecule has 0 aliphatic heterocycles. The van der Waals surface area contributed by atoms with Crippen LogP contribution in [0.4, 0.5) is 14.5 Å². The third kappa shape index (κ3) is 3.98. The number of hydrogen-bond donors (Lipinski definition) is 1. The van der Waals surface area contributed by atoms with Gasteiger partial charge < -0.3 is 9.67 Å². The molecule has 1 N–H and O–H groups in total. The third-order valence-corrected chi connectivity index (χ3v) is 5.99. The van der Waals surface area contributed by atoms with Gasteiger partial charge in [-0.15, -0.1) is 0 Å². The first-order valence-corrected chi connectivity index (χ1v) is 10.8. The summed E-state index contributed by atoms with van der Waals surface area (Å²) >= 11 is 0. The number of carboxylic acid groups (broad SMARTS) is 1. The van der Waals surface area contributed by atoms with E-state index in [0.29, 0.717) is 24.9 Å². The number of halogens is 2. The fourth-order valence-electron chi connectivity index (χ4n) is 4.32. The number of hydrogen-bond acceptors (Lipinski definition) is 4. The highest BCUT2D eigenvalue weighted by molar-refractivity contribution is 5.92. The minimum atomic E-state index is -1.44. The Labute approximate surface area is 192 Å². The normalized spacial score (nSPS) is 16.9. The monoisotopic (exact) mass is 459 g/mol. The van der Waals surface area contributed by atoms with Crippen LogP contribution in [0.3, 0.4) is 0 Å². The largest absolute Gasteiger partial charge is 0.477 e. The highest BCUT2D eigenvalue weighted by Crippen LogP contribution is 2.35. The predicted octanol–water partition coefficient (Wildman–Crippen LogP) is 5.40. The van der Waals surface area contributed by atoms with Crippen LogP contribution in [0.25, 0.3) is 16.7 Å². The van der Waals surface area contributed by atoms with E-state index in [4.69, 9.17) is 0 Å². The van der Waals surface area contributed by atoms with Gasteiger partial charge in [0, 0.05) is 23.5 Å². The maximum absolute atomic E-state index is 15.2. The van der Waals surface area contributed by atoms with Gasteiger partial charge in [-0.2, -0.15) is 0 Å². The van der Waals surface area contributed by atoms with E-state index >= 15 is 4.39 Å². The Morgan fingerprint density at radius 1 is 1.09 bits per heavy atom. The molecule has 6 nitrogen and oxygen atoms in total. The lowest BCUT2D eigenvalue weighted by Crippen LogP contribution is -2.20. The van der Waals surface area contributed by atoms with E-state index in [1.165, 1.54) is 28.8 Å². The van der Waals surface area contributed by atoms with E-state index < -0.39 is 28.6 Å². The lowest BCUT2D eigenvalue weighted by Gasteiger charge is -2.15. The smallest absolute Gasteiger partial charge is 0.341 e. The summed E-state index contributed by atoms with van der Waals surface area (Å²) < 4.78 is 30.0. The number of fused-ring (bicyclic) bond motifs is 1. The van der Waals surface area contributed by atoms with Crippen molar-refractivity contribution in [1.29, 1.82) is 0 Å². The number of benzene rings is 2. The third-order valence-electron chi connectivity index (χ3n) is 5.99. The molecule has 1 aliphatic rings. The van der Waals surface area contributed by atoms with Crippen LogP contribution in [-0.4, -0.2) is 26.3 Å². The molecule has 34 heavy (non-hydrogen) atoms. The first kappa shape index (κ1) is 21.6. The Bertz CT molecular complexity index is 1500. The molecule has 0 amide bonds. The second kappa shape index (κ2) is 8.62.